The van der Waals surface area contributed by atoms with Crippen molar-refractivity contribution < 1.29 is 14.6 Å². The van der Waals surface area contributed by atoms with Crippen LogP contribution in [0.3, 0.4) is 0 Å². The van der Waals surface area contributed by atoms with Crippen molar-refractivity contribution in [1.29, 1.82) is 0 Å². The Morgan fingerprint density at radius 2 is 2.20 bits per heavy atom. The highest BCUT2D eigenvalue weighted by Crippen LogP contribution is 2.27. The second-order valence-electron chi connectivity index (χ2n) is 5.32. The number of hydrogen-bond donors (Lipinski definition) is 1. The summed E-state index contributed by atoms with van der Waals surface area (Å²) in [5.74, 6) is -0.0374. The van der Waals surface area contributed by atoms with E-state index >= 15 is 0 Å². The van der Waals surface area contributed by atoms with Gasteiger partial charge >= 0.3 is 5.97 Å². The number of hydrogen-bond acceptors (Lipinski definition) is 5. The van der Waals surface area contributed by atoms with Crippen LogP contribution in [-0.4, -0.2) is 48.1 Å². The fourth-order valence-corrected chi connectivity index (χ4v) is 2.70. The predicted octanol–water partition coefficient (Wildman–Crippen LogP) is 1.65. The molecule has 0 bridgehead atoms. The Labute approximate surface area is 118 Å². The first-order chi connectivity index (χ1) is 9.54. The molecule has 1 unspecified atom stereocenters. The van der Waals surface area contributed by atoms with Gasteiger partial charge in [-0.25, -0.2) is 4.79 Å². The normalized spacial score (nSPS) is 19.1. The largest absolute Gasteiger partial charge is 0.478 e. The summed E-state index contributed by atoms with van der Waals surface area (Å²) in [5.41, 5.74) is 1.63. The number of carboxylic acids is 1. The molecular formula is C14H21N3O3. The van der Waals surface area contributed by atoms with Crippen molar-refractivity contribution in [3.63, 3.8) is 0 Å². The first-order valence-electron chi connectivity index (χ1n) is 6.85. The van der Waals surface area contributed by atoms with Crippen LogP contribution in [0.5, 0.6) is 0 Å². The topological polar surface area (TPSA) is 75.5 Å². The monoisotopic (exact) mass is 279 g/mol. The Morgan fingerprint density at radius 1 is 1.45 bits per heavy atom. The SMILES string of the molecule is COCC1CCCN(c2nnc(C)c(C)c2C(=O)O)C1. The Hall–Kier alpha value is -1.69. The molecule has 0 radical (unpaired) electrons. The van der Waals surface area contributed by atoms with Gasteiger partial charge in [-0.3, -0.25) is 0 Å². The first kappa shape index (κ1) is 14.7. The second-order valence-corrected chi connectivity index (χ2v) is 5.32. The molecule has 1 aliphatic heterocycles. The molecule has 1 atom stereocenters. The van der Waals surface area contributed by atoms with Crippen molar-refractivity contribution in [3.8, 4) is 0 Å². The summed E-state index contributed by atoms with van der Waals surface area (Å²) in [6, 6.07) is 0. The van der Waals surface area contributed by atoms with E-state index in [1.165, 1.54) is 0 Å². The Kier molecular flexibility index (Phi) is 4.54. The molecule has 1 aromatic rings. The van der Waals surface area contributed by atoms with Crippen LogP contribution >= 0.6 is 0 Å². The maximum absolute atomic E-state index is 11.5. The fourth-order valence-electron chi connectivity index (χ4n) is 2.70. The lowest BCUT2D eigenvalue weighted by Crippen LogP contribution is -2.38. The van der Waals surface area contributed by atoms with Gasteiger partial charge in [0.25, 0.3) is 0 Å². The number of rotatable bonds is 4. The fraction of sp³-hybridized carbons (Fsp3) is 0.643. The molecule has 1 N–H and O–H groups in total. The van der Waals surface area contributed by atoms with Crippen molar-refractivity contribution in [3.05, 3.63) is 16.8 Å². The molecule has 110 valence electrons. The van der Waals surface area contributed by atoms with Gasteiger partial charge in [-0.15, -0.1) is 5.10 Å². The number of methoxy groups -OCH3 is 1. The zero-order chi connectivity index (χ0) is 14.7. The van der Waals surface area contributed by atoms with Gasteiger partial charge in [0.1, 0.15) is 5.56 Å². The molecular weight excluding hydrogens is 258 g/mol. The van der Waals surface area contributed by atoms with Crippen LogP contribution in [0.15, 0.2) is 0 Å². The van der Waals surface area contributed by atoms with Crippen molar-refractivity contribution in [2.45, 2.75) is 26.7 Å². The minimum atomic E-state index is -0.940. The second kappa shape index (κ2) is 6.17. The van der Waals surface area contributed by atoms with E-state index in [1.807, 2.05) is 4.90 Å². The van der Waals surface area contributed by atoms with Gasteiger partial charge in [0.15, 0.2) is 5.82 Å². The van der Waals surface area contributed by atoms with E-state index in [2.05, 4.69) is 10.2 Å². The summed E-state index contributed by atoms with van der Waals surface area (Å²) in [4.78, 5) is 13.5. The van der Waals surface area contributed by atoms with E-state index in [4.69, 9.17) is 4.74 Å². The average Bonchev–Trinajstić information content (AvgIpc) is 2.42. The molecule has 6 nitrogen and oxygen atoms in total. The molecule has 0 aromatic carbocycles. The van der Waals surface area contributed by atoms with Crippen LogP contribution in [0.4, 0.5) is 5.82 Å². The maximum Gasteiger partial charge on any atom is 0.339 e. The molecule has 0 spiro atoms. The van der Waals surface area contributed by atoms with Gasteiger partial charge in [0.2, 0.25) is 0 Å². The summed E-state index contributed by atoms with van der Waals surface area (Å²) < 4.78 is 5.21. The van der Waals surface area contributed by atoms with E-state index in [0.29, 0.717) is 29.6 Å². The number of carboxylic acid groups (broad SMARTS) is 1. The van der Waals surface area contributed by atoms with Crippen LogP contribution in [0, 0.1) is 19.8 Å². The summed E-state index contributed by atoms with van der Waals surface area (Å²) in [5, 5.41) is 17.7. The number of carbonyl (C=O) groups is 1. The van der Waals surface area contributed by atoms with E-state index in [1.54, 1.807) is 21.0 Å². The summed E-state index contributed by atoms with van der Waals surface area (Å²) in [6.45, 7) is 5.84. The molecule has 0 aliphatic carbocycles. The quantitative estimate of drug-likeness (QED) is 0.903. The summed E-state index contributed by atoms with van der Waals surface area (Å²) >= 11 is 0. The van der Waals surface area contributed by atoms with Crippen molar-refractivity contribution in [1.82, 2.24) is 10.2 Å². The number of aromatic nitrogens is 2. The van der Waals surface area contributed by atoms with Gasteiger partial charge in [-0.1, -0.05) is 0 Å². The molecule has 6 heteroatoms. The molecule has 1 fully saturated rings. The van der Waals surface area contributed by atoms with Gasteiger partial charge < -0.3 is 14.7 Å². The van der Waals surface area contributed by atoms with Gasteiger partial charge in [0.05, 0.1) is 12.3 Å². The number of aromatic carboxylic acids is 1. The van der Waals surface area contributed by atoms with Gasteiger partial charge in [-0.2, -0.15) is 5.10 Å². The lowest BCUT2D eigenvalue weighted by Gasteiger charge is -2.33. The van der Waals surface area contributed by atoms with E-state index < -0.39 is 5.97 Å². The first-order valence-corrected chi connectivity index (χ1v) is 6.85. The Morgan fingerprint density at radius 3 is 2.85 bits per heavy atom. The van der Waals surface area contributed by atoms with Crippen LogP contribution < -0.4 is 4.90 Å². The third-order valence-corrected chi connectivity index (χ3v) is 3.87. The summed E-state index contributed by atoms with van der Waals surface area (Å²) in [7, 11) is 1.69. The Balaban J connectivity index is 2.32. The smallest absolute Gasteiger partial charge is 0.339 e. The van der Waals surface area contributed by atoms with Gasteiger partial charge in [0, 0.05) is 20.2 Å². The highest BCUT2D eigenvalue weighted by Gasteiger charge is 2.26. The predicted molar refractivity (Wildman–Crippen MR) is 75.3 cm³/mol. The lowest BCUT2D eigenvalue weighted by atomic mass is 9.98. The number of nitrogens with zero attached hydrogens (tertiary/aromatic N) is 3. The average molecular weight is 279 g/mol. The number of anilines is 1. The molecule has 0 amide bonds. The van der Waals surface area contributed by atoms with Crippen molar-refractivity contribution in [2.75, 3.05) is 31.7 Å². The third kappa shape index (κ3) is 2.90. The zero-order valence-electron chi connectivity index (χ0n) is 12.2. The highest BCUT2D eigenvalue weighted by molar-refractivity contribution is 5.95. The molecule has 1 saturated heterocycles. The minimum Gasteiger partial charge on any atom is -0.478 e. The molecule has 20 heavy (non-hydrogen) atoms. The van der Waals surface area contributed by atoms with Gasteiger partial charge in [-0.05, 0) is 38.2 Å². The van der Waals surface area contributed by atoms with Crippen LogP contribution in [0.1, 0.15) is 34.5 Å². The number of aryl methyl sites for hydroxylation is 1. The molecule has 0 saturated carbocycles. The number of piperidine rings is 1. The maximum atomic E-state index is 11.5. The third-order valence-electron chi connectivity index (χ3n) is 3.87. The Bertz CT molecular complexity index is 503. The van der Waals surface area contributed by atoms with Crippen LogP contribution in [0.2, 0.25) is 0 Å². The molecule has 1 aliphatic rings. The minimum absolute atomic E-state index is 0.274. The van der Waals surface area contributed by atoms with Crippen LogP contribution in [0.25, 0.3) is 0 Å². The molecule has 2 heterocycles. The molecule has 2 rings (SSSR count). The number of ether oxygens (including phenoxy) is 1. The standard InChI is InChI=1S/C14H21N3O3/c1-9-10(2)15-16-13(12(9)14(18)19)17-6-4-5-11(7-17)8-20-3/h11H,4-8H2,1-3H3,(H,18,19). The van der Waals surface area contributed by atoms with E-state index in [-0.39, 0.29) is 5.56 Å². The lowest BCUT2D eigenvalue weighted by molar-refractivity contribution is 0.0695. The van der Waals surface area contributed by atoms with Crippen molar-refractivity contribution >= 4 is 11.8 Å². The van der Waals surface area contributed by atoms with Crippen LogP contribution in [-0.2, 0) is 4.74 Å². The highest BCUT2D eigenvalue weighted by atomic mass is 16.5. The summed E-state index contributed by atoms with van der Waals surface area (Å²) in [6.07, 6.45) is 2.12. The van der Waals surface area contributed by atoms with E-state index in [0.717, 1.165) is 25.9 Å². The zero-order valence-corrected chi connectivity index (χ0v) is 12.2. The molecule has 1 aromatic heterocycles. The van der Waals surface area contributed by atoms with Crippen molar-refractivity contribution in [2.24, 2.45) is 5.92 Å². The van der Waals surface area contributed by atoms with E-state index in [9.17, 15) is 9.90 Å².